The van der Waals surface area contributed by atoms with E-state index in [1.807, 2.05) is 0 Å². The molecule has 31 heavy (non-hydrogen) atoms. The van der Waals surface area contributed by atoms with E-state index in [4.69, 9.17) is 27.9 Å². The molecular weight excluding hydrogens is 439 g/mol. The van der Waals surface area contributed by atoms with Crippen molar-refractivity contribution < 1.29 is 14.3 Å². The molecule has 0 saturated heterocycles. The summed E-state index contributed by atoms with van der Waals surface area (Å²) < 4.78 is 6.80. The zero-order valence-electron chi connectivity index (χ0n) is 17.4. The summed E-state index contributed by atoms with van der Waals surface area (Å²) in [6.45, 7) is 4.54. The second-order valence-corrected chi connectivity index (χ2v) is 7.90. The van der Waals surface area contributed by atoms with E-state index in [0.717, 1.165) is 0 Å². The van der Waals surface area contributed by atoms with Crippen molar-refractivity contribution in [3.63, 3.8) is 0 Å². The number of nitrogens with one attached hydrogen (secondary N) is 1. The van der Waals surface area contributed by atoms with Crippen LogP contribution in [0.15, 0.2) is 30.3 Å². The van der Waals surface area contributed by atoms with Gasteiger partial charge in [0.15, 0.2) is 5.78 Å². The molecule has 1 aromatic heterocycles. The van der Waals surface area contributed by atoms with Crippen LogP contribution in [0.5, 0.6) is 0 Å². The molecule has 1 N–H and O–H groups in total. The van der Waals surface area contributed by atoms with Crippen LogP contribution in [-0.4, -0.2) is 27.9 Å². The van der Waals surface area contributed by atoms with E-state index < -0.39 is 17.2 Å². The molecule has 1 heterocycles. The number of hydrogen-bond donors (Lipinski definition) is 1. The second kappa shape index (κ2) is 8.58. The molecule has 0 aliphatic rings. The van der Waals surface area contributed by atoms with Crippen molar-refractivity contribution in [1.29, 1.82) is 5.26 Å². The summed E-state index contributed by atoms with van der Waals surface area (Å²) in [6.07, 6.45) is 0. The fraction of sp³-hybridized carbons (Fsp3) is 0.273. The number of para-hydroxylation sites is 1. The molecular formula is C22H20Cl2N4O3. The number of fused-ring (bicyclic) bond motifs is 1. The topological polar surface area (TPSA) is 97.0 Å². The van der Waals surface area contributed by atoms with E-state index in [0.29, 0.717) is 32.7 Å². The van der Waals surface area contributed by atoms with Crippen LogP contribution in [0.3, 0.4) is 0 Å². The van der Waals surface area contributed by atoms with Crippen molar-refractivity contribution in [2.24, 2.45) is 7.05 Å². The Labute approximate surface area is 189 Å². The molecule has 7 nitrogen and oxygen atoms in total. The maximum absolute atomic E-state index is 12.7. The zero-order chi connectivity index (χ0) is 22.9. The SMILES string of the molecule is CCOC(=O)C(C)(C(C)=O)c1ccc2nc(Nc3c(Cl)cccc3Cl)n(C)c2c1C#N. The lowest BCUT2D eigenvalue weighted by molar-refractivity contribution is -0.152. The van der Waals surface area contributed by atoms with Crippen molar-refractivity contribution in [2.45, 2.75) is 26.2 Å². The fourth-order valence-corrected chi connectivity index (χ4v) is 3.89. The van der Waals surface area contributed by atoms with Crippen LogP contribution in [0.25, 0.3) is 11.0 Å². The molecule has 0 fully saturated rings. The summed E-state index contributed by atoms with van der Waals surface area (Å²) in [6, 6.07) is 10.5. The van der Waals surface area contributed by atoms with Crippen LogP contribution < -0.4 is 5.32 Å². The Morgan fingerprint density at radius 3 is 2.45 bits per heavy atom. The summed E-state index contributed by atoms with van der Waals surface area (Å²) >= 11 is 12.5. The lowest BCUT2D eigenvalue weighted by Gasteiger charge is -2.26. The fourth-order valence-electron chi connectivity index (χ4n) is 3.39. The smallest absolute Gasteiger partial charge is 0.323 e. The van der Waals surface area contributed by atoms with Gasteiger partial charge in [-0.1, -0.05) is 35.3 Å². The molecule has 3 rings (SSSR count). The van der Waals surface area contributed by atoms with Gasteiger partial charge in [0.05, 0.1) is 38.9 Å². The largest absolute Gasteiger partial charge is 0.465 e. The number of ether oxygens (including phenoxy) is 1. The van der Waals surface area contributed by atoms with E-state index in [2.05, 4.69) is 16.4 Å². The molecule has 0 spiro atoms. The molecule has 160 valence electrons. The minimum Gasteiger partial charge on any atom is -0.465 e. The van der Waals surface area contributed by atoms with Crippen molar-refractivity contribution >= 4 is 57.6 Å². The van der Waals surface area contributed by atoms with E-state index in [1.165, 1.54) is 13.8 Å². The summed E-state index contributed by atoms with van der Waals surface area (Å²) in [4.78, 5) is 29.7. The van der Waals surface area contributed by atoms with Gasteiger partial charge < -0.3 is 14.6 Å². The van der Waals surface area contributed by atoms with E-state index >= 15 is 0 Å². The highest BCUT2D eigenvalue weighted by Crippen LogP contribution is 2.36. The number of aryl methyl sites for hydroxylation is 1. The number of carbonyl (C=O) groups is 2. The van der Waals surface area contributed by atoms with E-state index in [-0.39, 0.29) is 17.7 Å². The van der Waals surface area contributed by atoms with E-state index in [1.54, 1.807) is 48.9 Å². The number of Topliss-reactive ketones (excluding diaryl/α,β-unsaturated/α-hetero) is 1. The molecule has 0 bridgehead atoms. The third-order valence-electron chi connectivity index (χ3n) is 5.27. The maximum Gasteiger partial charge on any atom is 0.323 e. The molecule has 9 heteroatoms. The zero-order valence-corrected chi connectivity index (χ0v) is 18.9. The van der Waals surface area contributed by atoms with Gasteiger partial charge in [0.25, 0.3) is 0 Å². The first-order valence-electron chi connectivity index (χ1n) is 9.46. The summed E-state index contributed by atoms with van der Waals surface area (Å²) in [7, 11) is 1.71. The van der Waals surface area contributed by atoms with Gasteiger partial charge in [-0.25, -0.2) is 4.98 Å². The lowest BCUT2D eigenvalue weighted by atomic mass is 9.76. The number of nitrogens with zero attached hydrogens (tertiary/aromatic N) is 3. The second-order valence-electron chi connectivity index (χ2n) is 7.09. The van der Waals surface area contributed by atoms with Gasteiger partial charge in [0.1, 0.15) is 11.5 Å². The number of hydrogen-bond acceptors (Lipinski definition) is 6. The standard InChI is InChI=1S/C22H20Cl2N4O3/c1-5-31-20(30)22(3,12(2)29)14-9-10-17-19(13(14)11-25)28(4)21(26-17)27-18-15(23)7-6-8-16(18)24/h6-10H,5H2,1-4H3,(H,26,27). The number of aromatic nitrogens is 2. The van der Waals surface area contributed by atoms with Crippen LogP contribution in [-0.2, 0) is 26.8 Å². The Morgan fingerprint density at radius 2 is 1.90 bits per heavy atom. The Bertz CT molecular complexity index is 1230. The average molecular weight is 459 g/mol. The highest BCUT2D eigenvalue weighted by molar-refractivity contribution is 6.39. The summed E-state index contributed by atoms with van der Waals surface area (Å²) in [5.41, 5.74) is 0.239. The average Bonchev–Trinajstić information content (AvgIpc) is 3.05. The first-order chi connectivity index (χ1) is 14.7. The first kappa shape index (κ1) is 22.6. The van der Waals surface area contributed by atoms with Crippen LogP contribution in [0.4, 0.5) is 11.6 Å². The van der Waals surface area contributed by atoms with Gasteiger partial charge in [-0.3, -0.25) is 9.59 Å². The molecule has 0 radical (unpaired) electrons. The Kier molecular flexibility index (Phi) is 6.25. The van der Waals surface area contributed by atoms with Gasteiger partial charge in [0.2, 0.25) is 5.95 Å². The molecule has 3 aromatic rings. The predicted octanol–water partition coefficient (Wildman–Crippen LogP) is 4.91. The number of rotatable bonds is 6. The van der Waals surface area contributed by atoms with Gasteiger partial charge in [-0.15, -0.1) is 0 Å². The van der Waals surface area contributed by atoms with E-state index in [9.17, 15) is 14.9 Å². The maximum atomic E-state index is 12.7. The normalized spacial score (nSPS) is 12.8. The minimum absolute atomic E-state index is 0.115. The van der Waals surface area contributed by atoms with Gasteiger partial charge in [0, 0.05) is 7.05 Å². The number of halogens is 2. The third-order valence-corrected chi connectivity index (χ3v) is 5.90. The highest BCUT2D eigenvalue weighted by atomic mass is 35.5. The Hall–Kier alpha value is -3.08. The van der Waals surface area contributed by atoms with Crippen molar-refractivity contribution in [3.8, 4) is 6.07 Å². The predicted molar refractivity (Wildman–Crippen MR) is 120 cm³/mol. The van der Waals surface area contributed by atoms with Crippen LogP contribution in [0.2, 0.25) is 10.0 Å². The Morgan fingerprint density at radius 1 is 1.26 bits per heavy atom. The van der Waals surface area contributed by atoms with Gasteiger partial charge in [-0.2, -0.15) is 5.26 Å². The number of nitriles is 1. The summed E-state index contributed by atoms with van der Waals surface area (Å²) in [5.74, 6) is -0.744. The van der Waals surface area contributed by atoms with Crippen LogP contribution >= 0.6 is 23.2 Å². The monoisotopic (exact) mass is 458 g/mol. The van der Waals surface area contributed by atoms with Crippen molar-refractivity contribution in [3.05, 3.63) is 51.5 Å². The highest BCUT2D eigenvalue weighted by Gasteiger charge is 2.44. The first-order valence-corrected chi connectivity index (χ1v) is 10.2. The number of benzene rings is 2. The van der Waals surface area contributed by atoms with Crippen molar-refractivity contribution in [1.82, 2.24) is 9.55 Å². The molecule has 0 aliphatic heterocycles. The quantitative estimate of drug-likeness (QED) is 0.416. The Balaban J connectivity index is 2.23. The van der Waals surface area contributed by atoms with Crippen LogP contribution in [0, 0.1) is 11.3 Å². The number of imidazole rings is 1. The van der Waals surface area contributed by atoms with Gasteiger partial charge in [-0.05, 0) is 44.5 Å². The minimum atomic E-state index is -1.63. The van der Waals surface area contributed by atoms with Crippen LogP contribution in [0.1, 0.15) is 31.9 Å². The molecule has 0 aliphatic carbocycles. The van der Waals surface area contributed by atoms with Crippen molar-refractivity contribution in [2.75, 3.05) is 11.9 Å². The lowest BCUT2D eigenvalue weighted by Crippen LogP contribution is -2.41. The molecule has 0 saturated carbocycles. The number of esters is 1. The summed E-state index contributed by atoms with van der Waals surface area (Å²) in [5, 5.41) is 13.9. The number of ketones is 1. The van der Waals surface area contributed by atoms with Gasteiger partial charge >= 0.3 is 5.97 Å². The molecule has 0 amide bonds. The molecule has 1 unspecified atom stereocenters. The third kappa shape index (κ3) is 3.73. The molecule has 1 atom stereocenters. The molecule has 2 aromatic carbocycles. The number of carbonyl (C=O) groups excluding carboxylic acids is 2. The number of anilines is 2.